The Labute approximate surface area is 134 Å². The van der Waals surface area contributed by atoms with Crippen LogP contribution in [0.25, 0.3) is 0 Å². The maximum absolute atomic E-state index is 12.5. The van der Waals surface area contributed by atoms with Gasteiger partial charge < -0.3 is 4.74 Å². The van der Waals surface area contributed by atoms with Gasteiger partial charge in [-0.2, -0.15) is 0 Å². The lowest BCUT2D eigenvalue weighted by atomic mass is 10.3. The highest BCUT2D eigenvalue weighted by Crippen LogP contribution is 2.26. The molecule has 0 aliphatic carbocycles. The minimum absolute atomic E-state index is 0.316. The SMILES string of the molecule is CCn1c(OC)nnc1[C@@H](C)NS(=O)(=O)c1cc(C)sc1C. The van der Waals surface area contributed by atoms with Crippen LogP contribution >= 0.6 is 11.3 Å². The second-order valence-electron chi connectivity index (χ2n) is 4.91. The number of nitrogens with zero attached hydrogens (tertiary/aromatic N) is 3. The van der Waals surface area contributed by atoms with Crippen LogP contribution < -0.4 is 9.46 Å². The summed E-state index contributed by atoms with van der Waals surface area (Å²) in [6.07, 6.45) is 0. The van der Waals surface area contributed by atoms with Crippen LogP contribution in [0.5, 0.6) is 6.01 Å². The molecule has 0 spiro atoms. The van der Waals surface area contributed by atoms with E-state index in [0.717, 1.165) is 9.75 Å². The van der Waals surface area contributed by atoms with Crippen LogP contribution in [0, 0.1) is 13.8 Å². The Morgan fingerprint density at radius 1 is 1.41 bits per heavy atom. The Hall–Kier alpha value is -1.45. The van der Waals surface area contributed by atoms with Gasteiger partial charge in [-0.05, 0) is 33.8 Å². The molecule has 0 radical (unpaired) electrons. The molecule has 22 heavy (non-hydrogen) atoms. The number of thiophene rings is 1. The van der Waals surface area contributed by atoms with Crippen LogP contribution in [-0.4, -0.2) is 30.3 Å². The first-order chi connectivity index (χ1) is 10.3. The summed E-state index contributed by atoms with van der Waals surface area (Å²) in [5.74, 6) is 0.521. The molecular formula is C13H20N4O3S2. The van der Waals surface area contributed by atoms with Gasteiger partial charge in [-0.15, -0.1) is 16.4 Å². The molecular weight excluding hydrogens is 324 g/mol. The van der Waals surface area contributed by atoms with Crippen molar-refractivity contribution in [1.82, 2.24) is 19.5 Å². The summed E-state index contributed by atoms with van der Waals surface area (Å²) in [6.45, 7) is 7.94. The molecule has 0 amide bonds. The quantitative estimate of drug-likeness (QED) is 0.866. The smallest absolute Gasteiger partial charge is 0.316 e. The fourth-order valence-corrected chi connectivity index (χ4v) is 5.05. The van der Waals surface area contributed by atoms with E-state index in [9.17, 15) is 8.42 Å². The number of aromatic nitrogens is 3. The van der Waals surface area contributed by atoms with Crippen molar-refractivity contribution < 1.29 is 13.2 Å². The molecule has 2 aromatic rings. The van der Waals surface area contributed by atoms with Gasteiger partial charge in [-0.1, -0.05) is 5.10 Å². The van der Waals surface area contributed by atoms with Crippen molar-refractivity contribution in [2.24, 2.45) is 0 Å². The first-order valence-corrected chi connectivity index (χ1v) is 9.16. The van der Waals surface area contributed by atoms with Gasteiger partial charge in [0.1, 0.15) is 0 Å². The summed E-state index contributed by atoms with van der Waals surface area (Å²) in [5.41, 5.74) is 0. The molecule has 0 saturated heterocycles. The van der Waals surface area contributed by atoms with Gasteiger partial charge in [0.2, 0.25) is 10.0 Å². The zero-order valence-electron chi connectivity index (χ0n) is 13.2. The Balaban J connectivity index is 2.30. The van der Waals surface area contributed by atoms with E-state index < -0.39 is 16.1 Å². The van der Waals surface area contributed by atoms with Crippen molar-refractivity contribution in [1.29, 1.82) is 0 Å². The maximum atomic E-state index is 12.5. The molecule has 122 valence electrons. The molecule has 0 saturated carbocycles. The Morgan fingerprint density at radius 2 is 2.09 bits per heavy atom. The summed E-state index contributed by atoms with van der Waals surface area (Å²) in [4.78, 5) is 2.05. The number of aryl methyl sites for hydroxylation is 2. The number of rotatable bonds is 6. The van der Waals surface area contributed by atoms with Crippen LogP contribution in [0.15, 0.2) is 11.0 Å². The monoisotopic (exact) mass is 344 g/mol. The lowest BCUT2D eigenvalue weighted by Gasteiger charge is -2.14. The van der Waals surface area contributed by atoms with Crippen molar-refractivity contribution in [2.75, 3.05) is 7.11 Å². The standard InChI is InChI=1S/C13H20N4O3S2/c1-6-17-12(14-15-13(17)20-5)9(3)16-22(18,19)11-7-8(2)21-10(11)4/h7,9,16H,6H2,1-5H3/t9-/m1/s1. The largest absolute Gasteiger partial charge is 0.467 e. The van der Waals surface area contributed by atoms with Gasteiger partial charge in [0.05, 0.1) is 18.0 Å². The first-order valence-electron chi connectivity index (χ1n) is 6.86. The molecule has 0 unspecified atom stereocenters. The topological polar surface area (TPSA) is 86.1 Å². The zero-order chi connectivity index (χ0) is 16.5. The zero-order valence-corrected chi connectivity index (χ0v) is 14.9. The maximum Gasteiger partial charge on any atom is 0.316 e. The summed E-state index contributed by atoms with van der Waals surface area (Å²) < 4.78 is 34.6. The third-order valence-corrected chi connectivity index (χ3v) is 6.01. The molecule has 0 aliphatic rings. The highest BCUT2D eigenvalue weighted by Gasteiger charge is 2.25. The molecule has 0 fully saturated rings. The van der Waals surface area contributed by atoms with E-state index in [-0.39, 0.29) is 0 Å². The number of sulfonamides is 1. The van der Waals surface area contributed by atoms with Gasteiger partial charge in [0.25, 0.3) is 0 Å². The van der Waals surface area contributed by atoms with Gasteiger partial charge in [-0.3, -0.25) is 4.57 Å². The van der Waals surface area contributed by atoms with Crippen LogP contribution in [-0.2, 0) is 16.6 Å². The number of methoxy groups -OCH3 is 1. The Bertz CT molecular complexity index is 764. The molecule has 2 aromatic heterocycles. The van der Waals surface area contributed by atoms with E-state index in [0.29, 0.717) is 23.3 Å². The Kier molecular flexibility index (Phi) is 4.88. The van der Waals surface area contributed by atoms with Gasteiger partial charge in [0, 0.05) is 16.3 Å². The number of hydrogen-bond donors (Lipinski definition) is 1. The number of nitrogens with one attached hydrogen (secondary N) is 1. The van der Waals surface area contributed by atoms with E-state index in [2.05, 4.69) is 14.9 Å². The molecule has 0 aromatic carbocycles. The lowest BCUT2D eigenvalue weighted by molar-refractivity contribution is 0.354. The Morgan fingerprint density at radius 3 is 2.59 bits per heavy atom. The van der Waals surface area contributed by atoms with Crippen molar-refractivity contribution in [2.45, 2.75) is 45.2 Å². The molecule has 0 bridgehead atoms. The number of ether oxygens (including phenoxy) is 1. The lowest BCUT2D eigenvalue weighted by Crippen LogP contribution is -2.29. The predicted octanol–water partition coefficient (Wildman–Crippen LogP) is 2.02. The minimum Gasteiger partial charge on any atom is -0.467 e. The summed E-state index contributed by atoms with van der Waals surface area (Å²) in [6, 6.07) is 1.53. The summed E-state index contributed by atoms with van der Waals surface area (Å²) in [5, 5.41) is 7.94. The van der Waals surface area contributed by atoms with Gasteiger partial charge in [0.15, 0.2) is 5.82 Å². The fourth-order valence-electron chi connectivity index (χ4n) is 2.29. The third kappa shape index (κ3) is 3.16. The summed E-state index contributed by atoms with van der Waals surface area (Å²) >= 11 is 1.46. The molecule has 7 nitrogen and oxygen atoms in total. The second kappa shape index (κ2) is 6.35. The van der Waals surface area contributed by atoms with E-state index >= 15 is 0 Å². The van der Waals surface area contributed by atoms with Crippen LogP contribution in [0.2, 0.25) is 0 Å². The van der Waals surface area contributed by atoms with Crippen LogP contribution in [0.3, 0.4) is 0 Å². The van der Waals surface area contributed by atoms with E-state index in [1.54, 1.807) is 24.5 Å². The van der Waals surface area contributed by atoms with Crippen LogP contribution in [0.1, 0.15) is 35.5 Å². The van der Waals surface area contributed by atoms with Crippen molar-refractivity contribution in [3.8, 4) is 6.01 Å². The van der Waals surface area contributed by atoms with Crippen molar-refractivity contribution in [3.05, 3.63) is 21.6 Å². The predicted molar refractivity (Wildman–Crippen MR) is 84.8 cm³/mol. The van der Waals surface area contributed by atoms with E-state index in [1.807, 2.05) is 13.8 Å². The average molecular weight is 344 g/mol. The highest BCUT2D eigenvalue weighted by atomic mass is 32.2. The molecule has 1 atom stereocenters. The summed E-state index contributed by atoms with van der Waals surface area (Å²) in [7, 11) is -2.10. The number of hydrogen-bond acceptors (Lipinski definition) is 6. The van der Waals surface area contributed by atoms with Gasteiger partial charge >= 0.3 is 6.01 Å². The molecule has 0 aliphatic heterocycles. The normalized spacial score (nSPS) is 13.3. The fraction of sp³-hybridized carbons (Fsp3) is 0.538. The first kappa shape index (κ1) is 16.9. The van der Waals surface area contributed by atoms with Crippen molar-refractivity contribution >= 4 is 21.4 Å². The highest BCUT2D eigenvalue weighted by molar-refractivity contribution is 7.89. The average Bonchev–Trinajstić information content (AvgIpc) is 3.00. The van der Waals surface area contributed by atoms with E-state index in [1.165, 1.54) is 18.4 Å². The van der Waals surface area contributed by atoms with Crippen molar-refractivity contribution in [3.63, 3.8) is 0 Å². The minimum atomic E-state index is -3.60. The molecule has 2 heterocycles. The second-order valence-corrected chi connectivity index (χ2v) is 8.05. The molecule has 2 rings (SSSR count). The van der Waals surface area contributed by atoms with Gasteiger partial charge in [-0.25, -0.2) is 13.1 Å². The third-order valence-electron chi connectivity index (χ3n) is 3.25. The molecule has 9 heteroatoms. The molecule has 1 N–H and O–H groups in total. The van der Waals surface area contributed by atoms with Crippen LogP contribution in [0.4, 0.5) is 0 Å². The van der Waals surface area contributed by atoms with E-state index in [4.69, 9.17) is 4.74 Å².